The lowest BCUT2D eigenvalue weighted by atomic mass is 10.3. The van der Waals surface area contributed by atoms with Crippen molar-refractivity contribution in [2.75, 3.05) is 12.8 Å². The van der Waals surface area contributed by atoms with E-state index in [-0.39, 0.29) is 11.5 Å². The molecule has 1 aromatic carbocycles. The smallest absolute Gasteiger partial charge is 0.360 e. The summed E-state index contributed by atoms with van der Waals surface area (Å²) in [4.78, 5) is 16.0. The van der Waals surface area contributed by atoms with Gasteiger partial charge in [-0.3, -0.25) is 4.57 Å². The minimum absolute atomic E-state index is 0.135. The first-order chi connectivity index (χ1) is 9.49. The number of aryl methyl sites for hydroxylation is 1. The fraction of sp³-hybridized carbons (Fsp3) is 0.231. The summed E-state index contributed by atoms with van der Waals surface area (Å²) in [7, 11) is 1.31. The Hall–Kier alpha value is -1.34. The summed E-state index contributed by atoms with van der Waals surface area (Å²) in [5.41, 5.74) is 7.02. The molecule has 5 nitrogen and oxygen atoms in total. The highest BCUT2D eigenvalue weighted by Crippen LogP contribution is 2.30. The van der Waals surface area contributed by atoms with Crippen molar-refractivity contribution in [2.45, 2.75) is 13.3 Å². The molecule has 0 bridgehead atoms. The van der Waals surface area contributed by atoms with Crippen LogP contribution in [0.2, 0.25) is 0 Å². The van der Waals surface area contributed by atoms with Crippen LogP contribution < -0.4 is 5.73 Å². The number of hydrogen-bond donors (Lipinski definition) is 1. The molecular formula is C13H13Br2N3O2. The lowest BCUT2D eigenvalue weighted by Crippen LogP contribution is -2.08. The minimum atomic E-state index is -0.540. The number of benzene rings is 1. The molecule has 7 heteroatoms. The van der Waals surface area contributed by atoms with Crippen LogP contribution in [0.25, 0.3) is 5.69 Å². The lowest BCUT2D eigenvalue weighted by molar-refractivity contribution is 0.0596. The van der Waals surface area contributed by atoms with Crippen LogP contribution in [-0.4, -0.2) is 22.6 Å². The molecule has 2 aromatic rings. The maximum absolute atomic E-state index is 11.7. The normalized spacial score (nSPS) is 10.6. The molecule has 0 atom stereocenters. The first-order valence-electron chi connectivity index (χ1n) is 5.90. The van der Waals surface area contributed by atoms with Crippen molar-refractivity contribution < 1.29 is 9.53 Å². The van der Waals surface area contributed by atoms with E-state index in [4.69, 9.17) is 10.5 Å². The number of carbonyl (C=O) groups excluding carboxylic acids is 1. The Balaban J connectivity index is 2.70. The molecule has 0 spiro atoms. The van der Waals surface area contributed by atoms with Gasteiger partial charge in [-0.05, 0) is 34.1 Å². The third kappa shape index (κ3) is 2.60. The monoisotopic (exact) mass is 401 g/mol. The first-order valence-corrected chi connectivity index (χ1v) is 7.49. The van der Waals surface area contributed by atoms with Gasteiger partial charge < -0.3 is 10.5 Å². The Bertz CT molecular complexity index is 668. The number of nitrogen functional groups attached to an aromatic ring is 1. The van der Waals surface area contributed by atoms with E-state index < -0.39 is 5.97 Å². The molecule has 0 aliphatic heterocycles. The maximum atomic E-state index is 11.7. The molecule has 106 valence electrons. The number of rotatable bonds is 3. The number of anilines is 1. The second kappa shape index (κ2) is 5.97. The predicted molar refractivity (Wildman–Crippen MR) is 84.1 cm³/mol. The molecule has 2 rings (SSSR count). The van der Waals surface area contributed by atoms with E-state index in [9.17, 15) is 4.79 Å². The number of carbonyl (C=O) groups is 1. The van der Waals surface area contributed by atoms with Crippen LogP contribution in [0.15, 0.2) is 27.1 Å². The van der Waals surface area contributed by atoms with Gasteiger partial charge in [0.2, 0.25) is 0 Å². The molecule has 2 N–H and O–H groups in total. The summed E-state index contributed by atoms with van der Waals surface area (Å²) in [6, 6.07) is 5.71. The number of esters is 1. The van der Waals surface area contributed by atoms with Crippen molar-refractivity contribution in [1.29, 1.82) is 0 Å². The number of nitrogens with two attached hydrogens (primary N) is 1. The van der Waals surface area contributed by atoms with E-state index in [1.807, 2.05) is 25.1 Å². The van der Waals surface area contributed by atoms with Gasteiger partial charge in [-0.1, -0.05) is 22.9 Å². The van der Waals surface area contributed by atoms with Crippen molar-refractivity contribution in [3.63, 3.8) is 0 Å². The van der Waals surface area contributed by atoms with Crippen molar-refractivity contribution >= 4 is 43.6 Å². The number of ether oxygens (including phenoxy) is 1. The topological polar surface area (TPSA) is 70.1 Å². The highest BCUT2D eigenvalue weighted by Gasteiger charge is 2.22. The van der Waals surface area contributed by atoms with Crippen LogP contribution in [0.5, 0.6) is 0 Å². The SMILES string of the molecule is CCc1nc(C(=O)OC)c(N)n1-c1cc(Br)ccc1Br. The summed E-state index contributed by atoms with van der Waals surface area (Å²) in [5, 5.41) is 0. The van der Waals surface area contributed by atoms with E-state index in [1.54, 1.807) is 4.57 Å². The second-order valence-corrected chi connectivity index (χ2v) is 5.81. The molecule has 0 amide bonds. The van der Waals surface area contributed by atoms with Gasteiger partial charge in [0.1, 0.15) is 11.6 Å². The van der Waals surface area contributed by atoms with Crippen molar-refractivity contribution in [1.82, 2.24) is 9.55 Å². The molecular weight excluding hydrogens is 390 g/mol. The van der Waals surface area contributed by atoms with E-state index in [0.717, 1.165) is 14.6 Å². The zero-order valence-electron chi connectivity index (χ0n) is 11.0. The van der Waals surface area contributed by atoms with Crippen LogP contribution in [0.1, 0.15) is 23.2 Å². The molecule has 0 aliphatic rings. The van der Waals surface area contributed by atoms with Gasteiger partial charge in [-0.25, -0.2) is 9.78 Å². The molecule has 0 radical (unpaired) electrons. The fourth-order valence-corrected chi connectivity index (χ4v) is 2.66. The maximum Gasteiger partial charge on any atom is 0.360 e. The van der Waals surface area contributed by atoms with Crippen molar-refractivity contribution in [2.24, 2.45) is 0 Å². The van der Waals surface area contributed by atoms with Crippen LogP contribution >= 0.6 is 31.9 Å². The largest absolute Gasteiger partial charge is 0.464 e. The minimum Gasteiger partial charge on any atom is -0.464 e. The third-order valence-corrected chi connectivity index (χ3v) is 3.99. The average Bonchev–Trinajstić information content (AvgIpc) is 2.77. The fourth-order valence-electron chi connectivity index (χ4n) is 1.89. The van der Waals surface area contributed by atoms with Gasteiger partial charge in [0.25, 0.3) is 0 Å². The zero-order valence-corrected chi connectivity index (χ0v) is 14.2. The molecule has 1 aromatic heterocycles. The quantitative estimate of drug-likeness (QED) is 0.799. The molecule has 0 saturated heterocycles. The Kier molecular flexibility index (Phi) is 4.49. The molecule has 0 aliphatic carbocycles. The number of imidazole rings is 1. The number of halogens is 2. The van der Waals surface area contributed by atoms with Gasteiger partial charge in [-0.15, -0.1) is 0 Å². The first kappa shape index (κ1) is 15.1. The summed E-state index contributed by atoms with van der Waals surface area (Å²) < 4.78 is 8.22. The second-order valence-electron chi connectivity index (χ2n) is 4.04. The number of nitrogens with zero attached hydrogens (tertiary/aromatic N) is 2. The van der Waals surface area contributed by atoms with Crippen LogP contribution in [0.4, 0.5) is 5.82 Å². The van der Waals surface area contributed by atoms with Crippen LogP contribution in [-0.2, 0) is 11.2 Å². The Morgan fingerprint density at radius 1 is 1.45 bits per heavy atom. The van der Waals surface area contributed by atoms with Gasteiger partial charge >= 0.3 is 5.97 Å². The summed E-state index contributed by atoms with van der Waals surface area (Å²) in [6.07, 6.45) is 0.639. The number of methoxy groups -OCH3 is 1. The standard InChI is InChI=1S/C13H13Br2N3O2/c1-3-10-17-11(13(19)20-2)12(16)18(10)9-6-7(14)4-5-8(9)15/h4-6H,3,16H2,1-2H3. The summed E-state index contributed by atoms with van der Waals surface area (Å²) in [6.45, 7) is 1.95. The Labute approximate surface area is 133 Å². The molecule has 0 saturated carbocycles. The summed E-state index contributed by atoms with van der Waals surface area (Å²) in [5.74, 6) is 0.427. The predicted octanol–water partition coefficient (Wildman–Crippen LogP) is 3.33. The molecule has 0 unspecified atom stereocenters. The number of aromatic nitrogens is 2. The van der Waals surface area contributed by atoms with Crippen LogP contribution in [0, 0.1) is 0 Å². The molecule has 1 heterocycles. The molecule has 0 fully saturated rings. The van der Waals surface area contributed by atoms with E-state index >= 15 is 0 Å². The highest BCUT2D eigenvalue weighted by atomic mass is 79.9. The average molecular weight is 403 g/mol. The Morgan fingerprint density at radius 3 is 2.75 bits per heavy atom. The third-order valence-electron chi connectivity index (χ3n) is 2.83. The van der Waals surface area contributed by atoms with Gasteiger partial charge in [0, 0.05) is 15.4 Å². The number of hydrogen-bond acceptors (Lipinski definition) is 4. The van der Waals surface area contributed by atoms with Gasteiger partial charge in [0.15, 0.2) is 5.69 Å². The summed E-state index contributed by atoms with van der Waals surface area (Å²) >= 11 is 6.91. The molecule has 20 heavy (non-hydrogen) atoms. The van der Waals surface area contributed by atoms with Crippen molar-refractivity contribution in [3.05, 3.63) is 38.7 Å². The van der Waals surface area contributed by atoms with E-state index in [0.29, 0.717) is 12.2 Å². The van der Waals surface area contributed by atoms with Crippen LogP contribution in [0.3, 0.4) is 0 Å². The Morgan fingerprint density at radius 2 is 2.15 bits per heavy atom. The van der Waals surface area contributed by atoms with Gasteiger partial charge in [-0.2, -0.15) is 0 Å². The van der Waals surface area contributed by atoms with E-state index in [2.05, 4.69) is 36.8 Å². The van der Waals surface area contributed by atoms with Gasteiger partial charge in [0.05, 0.1) is 12.8 Å². The zero-order chi connectivity index (χ0) is 14.9. The lowest BCUT2D eigenvalue weighted by Gasteiger charge is -2.11. The highest BCUT2D eigenvalue weighted by molar-refractivity contribution is 9.11. The van der Waals surface area contributed by atoms with E-state index in [1.165, 1.54) is 7.11 Å². The van der Waals surface area contributed by atoms with Crippen molar-refractivity contribution in [3.8, 4) is 5.69 Å².